The predicted molar refractivity (Wildman–Crippen MR) is 82.5 cm³/mol. The molecule has 2 heterocycles. The fourth-order valence-electron chi connectivity index (χ4n) is 2.43. The van der Waals surface area contributed by atoms with Crippen LogP contribution in [-0.4, -0.2) is 49.1 Å². The summed E-state index contributed by atoms with van der Waals surface area (Å²) in [4.78, 5) is 14.3. The van der Waals surface area contributed by atoms with Gasteiger partial charge in [-0.25, -0.2) is 4.79 Å². The molecule has 0 bridgehead atoms. The molecule has 3 rings (SSSR count). The molecule has 2 N–H and O–H groups in total. The third kappa shape index (κ3) is 3.19. The van der Waals surface area contributed by atoms with Crippen molar-refractivity contribution in [3.05, 3.63) is 35.5 Å². The summed E-state index contributed by atoms with van der Waals surface area (Å²) in [5, 5.41) is 3.20. The van der Waals surface area contributed by atoms with Crippen LogP contribution in [0.25, 0.3) is 10.9 Å². The zero-order valence-electron chi connectivity index (χ0n) is 19.3. The van der Waals surface area contributed by atoms with Crippen molar-refractivity contribution in [1.82, 2.24) is 15.2 Å². The standard InChI is InChI=1S/C16H21N3O2/c1-19(2)6-5-12-9-17-15-4-3-11(8-14(12)15)7-13-10-21-16(20)18-13/h3-4,8-9,13,17H,5-7,10H2,1-2H3,(H,18,20)/t13-/m0/s1/i1D3,2D3,5D2. The third-order valence-electron chi connectivity index (χ3n) is 3.39. The van der Waals surface area contributed by atoms with Gasteiger partial charge >= 0.3 is 6.09 Å². The summed E-state index contributed by atoms with van der Waals surface area (Å²) in [5.41, 5.74) is 1.63. The number of carbonyl (C=O) groups is 1. The average Bonchev–Trinajstić information content (AvgIpc) is 3.17. The van der Waals surface area contributed by atoms with Gasteiger partial charge in [-0.05, 0) is 50.0 Å². The van der Waals surface area contributed by atoms with E-state index in [1.807, 2.05) is 6.07 Å². The van der Waals surface area contributed by atoms with Gasteiger partial charge in [0.25, 0.3) is 0 Å². The molecule has 112 valence electrons. The first-order chi connectivity index (χ1) is 13.3. The molecule has 0 radical (unpaired) electrons. The molecule has 1 fully saturated rings. The number of aromatic amines is 1. The SMILES string of the molecule is [2H]C([2H])(CN(C([2H])([2H])[2H])C([2H])([2H])[2H])c1c[nH]c2ccc(C[C@H]3COC(=O)N3)cc12. The number of H-pyrrole nitrogens is 1. The third-order valence-corrected chi connectivity index (χ3v) is 3.39. The van der Waals surface area contributed by atoms with Crippen LogP contribution in [-0.2, 0) is 17.5 Å². The van der Waals surface area contributed by atoms with Gasteiger partial charge in [-0.2, -0.15) is 0 Å². The van der Waals surface area contributed by atoms with Crippen LogP contribution in [0.5, 0.6) is 0 Å². The van der Waals surface area contributed by atoms with Crippen LogP contribution in [0.15, 0.2) is 24.4 Å². The molecule has 0 aliphatic carbocycles. The second-order valence-corrected chi connectivity index (χ2v) is 4.99. The summed E-state index contributed by atoms with van der Waals surface area (Å²) in [6, 6.07) is 5.14. The maximum atomic E-state index is 11.2. The van der Waals surface area contributed by atoms with E-state index in [1.165, 1.54) is 6.20 Å². The first-order valence-corrected chi connectivity index (χ1v) is 6.59. The number of benzene rings is 1. The first kappa shape index (κ1) is 7.31. The highest BCUT2D eigenvalue weighted by Gasteiger charge is 2.22. The van der Waals surface area contributed by atoms with Crippen LogP contribution < -0.4 is 5.32 Å². The highest BCUT2D eigenvalue weighted by molar-refractivity contribution is 5.84. The number of ether oxygens (including phenoxy) is 1. The fourth-order valence-corrected chi connectivity index (χ4v) is 2.43. The maximum Gasteiger partial charge on any atom is 0.407 e. The van der Waals surface area contributed by atoms with Gasteiger partial charge < -0.3 is 19.9 Å². The normalized spacial score (nSPS) is 25.8. The molecule has 0 unspecified atom stereocenters. The van der Waals surface area contributed by atoms with Crippen LogP contribution in [0.1, 0.15) is 22.1 Å². The van der Waals surface area contributed by atoms with Crippen LogP contribution in [0.3, 0.4) is 0 Å². The van der Waals surface area contributed by atoms with Crippen molar-refractivity contribution >= 4 is 17.0 Å². The molecular weight excluding hydrogens is 266 g/mol. The summed E-state index contributed by atoms with van der Waals surface area (Å²) in [6.45, 7) is -6.54. The number of nitrogens with zero attached hydrogens (tertiary/aromatic N) is 1. The molecule has 21 heavy (non-hydrogen) atoms. The fraction of sp³-hybridized carbons (Fsp3) is 0.438. The number of alkyl carbamates (subject to hydrolysis) is 1. The minimum atomic E-state index is -2.98. The molecule has 1 amide bonds. The smallest absolute Gasteiger partial charge is 0.407 e. The lowest BCUT2D eigenvalue weighted by atomic mass is 10.0. The lowest BCUT2D eigenvalue weighted by molar-refractivity contribution is 0.177. The number of likely N-dealkylation sites (N-methyl/N-ethyl adjacent to an activating group) is 1. The Labute approximate surface area is 135 Å². The Morgan fingerprint density at radius 1 is 1.52 bits per heavy atom. The van der Waals surface area contributed by atoms with Crippen LogP contribution in [0.2, 0.25) is 0 Å². The second-order valence-electron chi connectivity index (χ2n) is 4.99. The highest BCUT2D eigenvalue weighted by atomic mass is 16.6. The molecule has 1 atom stereocenters. The lowest BCUT2D eigenvalue weighted by Gasteiger charge is -2.09. The van der Waals surface area contributed by atoms with E-state index in [2.05, 4.69) is 10.3 Å². The van der Waals surface area contributed by atoms with Gasteiger partial charge in [0, 0.05) is 34.6 Å². The van der Waals surface area contributed by atoms with Gasteiger partial charge in [0.15, 0.2) is 0 Å². The molecule has 1 aromatic carbocycles. The Morgan fingerprint density at radius 2 is 2.43 bits per heavy atom. The number of rotatable bonds is 5. The minimum Gasteiger partial charge on any atom is -0.447 e. The predicted octanol–water partition coefficient (Wildman–Crippen LogP) is 1.92. The molecule has 5 nitrogen and oxygen atoms in total. The van der Waals surface area contributed by atoms with E-state index in [4.69, 9.17) is 15.7 Å². The van der Waals surface area contributed by atoms with Crippen molar-refractivity contribution in [2.45, 2.75) is 18.8 Å². The van der Waals surface area contributed by atoms with Crippen LogP contribution >= 0.6 is 0 Å². The van der Waals surface area contributed by atoms with E-state index in [0.717, 1.165) is 5.56 Å². The Bertz CT molecular complexity index is 892. The molecule has 2 aromatic rings. The number of cyclic esters (lactones) is 1. The van der Waals surface area contributed by atoms with E-state index in [1.54, 1.807) is 12.1 Å². The number of nitrogens with one attached hydrogen (secondary N) is 2. The highest BCUT2D eigenvalue weighted by Crippen LogP contribution is 2.21. The number of hydrogen-bond acceptors (Lipinski definition) is 3. The largest absolute Gasteiger partial charge is 0.447 e. The number of fused-ring (bicyclic) bond motifs is 1. The van der Waals surface area contributed by atoms with Gasteiger partial charge in [0.05, 0.1) is 6.04 Å². The van der Waals surface area contributed by atoms with E-state index in [9.17, 15) is 4.79 Å². The summed E-state index contributed by atoms with van der Waals surface area (Å²) < 4.78 is 66.5. The van der Waals surface area contributed by atoms with Crippen molar-refractivity contribution < 1.29 is 20.5 Å². The number of amides is 1. The summed E-state index contributed by atoms with van der Waals surface area (Å²) in [5.74, 6) is 0. The Morgan fingerprint density at radius 3 is 3.19 bits per heavy atom. The van der Waals surface area contributed by atoms with Crippen molar-refractivity contribution in [3.63, 3.8) is 0 Å². The Kier molecular flexibility index (Phi) is 2.01. The van der Waals surface area contributed by atoms with Crippen molar-refractivity contribution in [3.8, 4) is 0 Å². The monoisotopic (exact) mass is 295 g/mol. The molecule has 1 aliphatic rings. The number of aromatic nitrogens is 1. The number of carbonyl (C=O) groups excluding carboxylic acids is 1. The van der Waals surface area contributed by atoms with Crippen molar-refractivity contribution in [2.24, 2.45) is 0 Å². The van der Waals surface area contributed by atoms with Crippen molar-refractivity contribution in [1.29, 1.82) is 0 Å². The molecule has 0 spiro atoms. The zero-order chi connectivity index (χ0) is 21.6. The summed E-state index contributed by atoms with van der Waals surface area (Å²) in [6.07, 6.45) is -0.827. The van der Waals surface area contributed by atoms with Crippen molar-refractivity contribution in [2.75, 3.05) is 27.1 Å². The first-order valence-electron chi connectivity index (χ1n) is 10.6. The zero-order valence-corrected chi connectivity index (χ0v) is 11.3. The van der Waals surface area contributed by atoms with Gasteiger partial charge in [0.1, 0.15) is 6.61 Å². The molecule has 1 saturated heterocycles. The van der Waals surface area contributed by atoms with E-state index < -0.39 is 33.0 Å². The number of hydrogen-bond donors (Lipinski definition) is 2. The van der Waals surface area contributed by atoms with Gasteiger partial charge in [-0.15, -0.1) is 0 Å². The maximum absolute atomic E-state index is 11.2. The topological polar surface area (TPSA) is 57.4 Å². The second kappa shape index (κ2) is 5.77. The van der Waals surface area contributed by atoms with Gasteiger partial charge in [-0.1, -0.05) is 6.07 Å². The molecule has 1 aliphatic heterocycles. The van der Waals surface area contributed by atoms with Gasteiger partial charge in [0.2, 0.25) is 0 Å². The lowest BCUT2D eigenvalue weighted by Crippen LogP contribution is -2.28. The minimum absolute atomic E-state index is 0.166. The van der Waals surface area contributed by atoms with Gasteiger partial charge in [-0.3, -0.25) is 0 Å². The summed E-state index contributed by atoms with van der Waals surface area (Å²) in [7, 11) is 0. The van der Waals surface area contributed by atoms with E-state index >= 15 is 0 Å². The summed E-state index contributed by atoms with van der Waals surface area (Å²) >= 11 is 0. The molecular formula is C16H21N3O2. The molecule has 0 saturated carbocycles. The quantitative estimate of drug-likeness (QED) is 0.886. The van der Waals surface area contributed by atoms with E-state index in [-0.39, 0.29) is 23.1 Å². The molecule has 1 aromatic heterocycles. The van der Waals surface area contributed by atoms with Crippen LogP contribution in [0.4, 0.5) is 4.79 Å². The Balaban J connectivity index is 1.91. The van der Waals surface area contributed by atoms with Crippen LogP contribution in [0, 0.1) is 0 Å². The Hall–Kier alpha value is -2.01. The average molecular weight is 295 g/mol. The molecule has 5 heteroatoms. The van der Waals surface area contributed by atoms with E-state index in [0.29, 0.717) is 17.3 Å².